The summed E-state index contributed by atoms with van der Waals surface area (Å²) in [5.41, 5.74) is -2.52. The summed E-state index contributed by atoms with van der Waals surface area (Å²) < 4.78 is 0. The average Bonchev–Trinajstić information content (AvgIpc) is 2.34. The highest BCUT2D eigenvalue weighted by Gasteiger charge is 2.33. The predicted octanol–water partition coefficient (Wildman–Crippen LogP) is 2.21. The van der Waals surface area contributed by atoms with Crippen LogP contribution in [0.5, 0.6) is 0 Å². The minimum absolute atomic E-state index is 0.357. The van der Waals surface area contributed by atoms with Gasteiger partial charge in [0, 0.05) is 17.2 Å². The van der Waals surface area contributed by atoms with Gasteiger partial charge in [-0.15, -0.1) is 0 Å². The first-order chi connectivity index (χ1) is 9.59. The van der Waals surface area contributed by atoms with E-state index in [0.717, 1.165) is 27.7 Å². The number of rotatable bonds is 5. The number of nitrogens with zero attached hydrogens (tertiary/aromatic N) is 1. The van der Waals surface area contributed by atoms with Crippen molar-refractivity contribution >= 4 is 28.8 Å². The normalized spacial score (nSPS) is 10.1. The van der Waals surface area contributed by atoms with Crippen LogP contribution in [0.1, 0.15) is 69.1 Å². The lowest BCUT2D eigenvalue weighted by Crippen LogP contribution is -2.17. The van der Waals surface area contributed by atoms with Gasteiger partial charge in [0.05, 0.1) is 4.92 Å². The van der Waals surface area contributed by atoms with Gasteiger partial charge in [-0.05, 0) is 27.7 Å². The molecule has 0 saturated heterocycles. The third-order valence-electron chi connectivity index (χ3n) is 2.81. The van der Waals surface area contributed by atoms with Gasteiger partial charge in [-0.2, -0.15) is 0 Å². The van der Waals surface area contributed by atoms with Gasteiger partial charge in [0.15, 0.2) is 23.1 Å². The Morgan fingerprint density at radius 1 is 0.810 bits per heavy atom. The van der Waals surface area contributed by atoms with Crippen molar-refractivity contribution in [2.75, 3.05) is 0 Å². The number of carbonyl (C=O) groups excluding carboxylic acids is 4. The monoisotopic (exact) mass is 290 g/mol. The fraction of sp³-hybridized carbons (Fsp3) is 0.286. The van der Waals surface area contributed by atoms with E-state index in [0.29, 0.717) is 0 Å². The molecule has 21 heavy (non-hydrogen) atoms. The van der Waals surface area contributed by atoms with E-state index in [4.69, 9.17) is 0 Å². The van der Waals surface area contributed by atoms with Gasteiger partial charge in [0.2, 0.25) is 0 Å². The second-order valence-electron chi connectivity index (χ2n) is 4.46. The van der Waals surface area contributed by atoms with Crippen molar-refractivity contribution in [3.05, 3.63) is 38.4 Å². The van der Waals surface area contributed by atoms with Crippen molar-refractivity contribution in [3.8, 4) is 0 Å². The number of nitro benzene ring substituents is 1. The predicted molar refractivity (Wildman–Crippen MR) is 72.0 cm³/mol. The van der Waals surface area contributed by atoms with Gasteiger partial charge in [0.1, 0.15) is 11.1 Å². The van der Waals surface area contributed by atoms with Crippen LogP contribution >= 0.6 is 0 Å². The molecule has 0 aliphatic heterocycles. The average molecular weight is 290 g/mol. The molecule has 0 saturated carbocycles. The second-order valence-corrected chi connectivity index (χ2v) is 4.46. The summed E-state index contributed by atoms with van der Waals surface area (Å²) in [6.45, 7) is 4.28. The van der Waals surface area contributed by atoms with E-state index in [-0.39, 0.29) is 11.1 Å². The Morgan fingerprint density at radius 2 is 1.14 bits per heavy atom. The van der Waals surface area contributed by atoms with Gasteiger partial charge in [-0.25, -0.2) is 0 Å². The maximum absolute atomic E-state index is 11.7. The molecule has 1 radical (unpaired) electrons. The van der Waals surface area contributed by atoms with Gasteiger partial charge in [0.25, 0.3) is 5.69 Å². The van der Waals surface area contributed by atoms with Gasteiger partial charge >= 0.3 is 0 Å². The number of benzene rings is 1. The van der Waals surface area contributed by atoms with E-state index in [1.807, 2.05) is 0 Å². The lowest BCUT2D eigenvalue weighted by atomic mass is 9.89. The molecule has 7 nitrogen and oxygen atoms in total. The maximum Gasteiger partial charge on any atom is 0.292 e. The molecule has 0 amide bonds. The minimum atomic E-state index is -0.930. The highest BCUT2D eigenvalue weighted by Crippen LogP contribution is 2.31. The topological polar surface area (TPSA) is 111 Å². The summed E-state index contributed by atoms with van der Waals surface area (Å²) in [5, 5.41) is 11.3. The van der Waals surface area contributed by atoms with Crippen LogP contribution in [0.2, 0.25) is 0 Å². The Balaban J connectivity index is 4.13. The number of hydrogen-bond acceptors (Lipinski definition) is 6. The first-order valence-corrected chi connectivity index (χ1v) is 5.91. The number of Topliss-reactive ketones (excluding diaryl/α,β-unsaturated/α-hetero) is 4. The lowest BCUT2D eigenvalue weighted by Gasteiger charge is -2.11. The molecule has 0 spiro atoms. The van der Waals surface area contributed by atoms with E-state index in [1.54, 1.807) is 0 Å². The quantitative estimate of drug-likeness (QED) is 0.467. The molecule has 7 heteroatoms. The van der Waals surface area contributed by atoms with Crippen molar-refractivity contribution in [3.63, 3.8) is 0 Å². The van der Waals surface area contributed by atoms with Crippen LogP contribution in [-0.2, 0) is 0 Å². The fourth-order valence-electron chi connectivity index (χ4n) is 2.01. The Morgan fingerprint density at radius 3 is 1.33 bits per heavy atom. The molecular formula is C14H12NO6. The van der Waals surface area contributed by atoms with E-state index in [9.17, 15) is 29.3 Å². The highest BCUT2D eigenvalue weighted by atomic mass is 16.6. The number of hydrogen-bond donors (Lipinski definition) is 0. The molecule has 0 atom stereocenters. The number of ketones is 4. The summed E-state index contributed by atoms with van der Waals surface area (Å²) in [6, 6.07) is 2.39. The van der Waals surface area contributed by atoms with Gasteiger partial charge < -0.3 is 0 Å². The zero-order valence-electron chi connectivity index (χ0n) is 11.9. The van der Waals surface area contributed by atoms with Crippen LogP contribution in [0.4, 0.5) is 5.69 Å². The first-order valence-electron chi connectivity index (χ1n) is 5.91. The Hall–Kier alpha value is -2.70. The van der Waals surface area contributed by atoms with Crippen LogP contribution < -0.4 is 0 Å². The zero-order valence-corrected chi connectivity index (χ0v) is 11.9. The van der Waals surface area contributed by atoms with Crippen molar-refractivity contribution in [2.24, 2.45) is 0 Å². The molecule has 0 bridgehead atoms. The second kappa shape index (κ2) is 5.74. The summed E-state index contributed by atoms with van der Waals surface area (Å²) in [5.74, 6) is -2.80. The van der Waals surface area contributed by atoms with Crippen LogP contribution in [0, 0.1) is 16.2 Å². The van der Waals surface area contributed by atoms with Gasteiger partial charge in [-0.3, -0.25) is 29.3 Å². The highest BCUT2D eigenvalue weighted by molar-refractivity contribution is 6.17. The molecule has 0 unspecified atom stereocenters. The molecule has 0 N–H and O–H groups in total. The summed E-state index contributed by atoms with van der Waals surface area (Å²) >= 11 is 0. The van der Waals surface area contributed by atoms with E-state index in [2.05, 4.69) is 6.07 Å². The Bertz CT molecular complexity index is 652. The molecule has 0 fully saturated rings. The third-order valence-corrected chi connectivity index (χ3v) is 2.81. The molecule has 0 aliphatic rings. The Labute approximate surface area is 120 Å². The molecule has 1 rings (SSSR count). The van der Waals surface area contributed by atoms with Crippen LogP contribution in [0.25, 0.3) is 0 Å². The first kappa shape index (κ1) is 16.4. The fourth-order valence-corrected chi connectivity index (χ4v) is 2.01. The summed E-state index contributed by atoms with van der Waals surface area (Å²) in [6.07, 6.45) is 0. The third kappa shape index (κ3) is 2.91. The molecule has 0 aromatic heterocycles. The minimum Gasteiger partial charge on any atom is -0.294 e. The summed E-state index contributed by atoms with van der Waals surface area (Å²) in [4.78, 5) is 56.9. The SMILES string of the molecule is CC(=O)c1[c]c(C(C)=O)c(C(C)=O)c([N+](=O)[O-])c1C(C)=O. The molecule has 1 aromatic rings. The van der Waals surface area contributed by atoms with Crippen molar-refractivity contribution in [2.45, 2.75) is 27.7 Å². The molecule has 109 valence electrons. The lowest BCUT2D eigenvalue weighted by molar-refractivity contribution is -0.385. The Kier molecular flexibility index (Phi) is 4.47. The van der Waals surface area contributed by atoms with Crippen LogP contribution in [0.3, 0.4) is 0 Å². The standard InChI is InChI=1S/C14H12NO6/c1-6(16)10-5-11(7(2)17)13(9(4)19)14(15(20)21)12(10)8(3)18/h1-4H3. The molecule has 0 heterocycles. The molecule has 0 aliphatic carbocycles. The molecule has 1 aromatic carbocycles. The smallest absolute Gasteiger partial charge is 0.292 e. The van der Waals surface area contributed by atoms with Crippen molar-refractivity contribution < 1.29 is 24.1 Å². The van der Waals surface area contributed by atoms with Crippen molar-refractivity contribution in [1.82, 2.24) is 0 Å². The van der Waals surface area contributed by atoms with Gasteiger partial charge in [-0.1, -0.05) is 0 Å². The van der Waals surface area contributed by atoms with E-state index < -0.39 is 44.9 Å². The van der Waals surface area contributed by atoms with Crippen LogP contribution in [-0.4, -0.2) is 28.1 Å². The number of carbonyl (C=O) groups is 4. The van der Waals surface area contributed by atoms with Crippen molar-refractivity contribution in [1.29, 1.82) is 0 Å². The van der Waals surface area contributed by atoms with E-state index >= 15 is 0 Å². The van der Waals surface area contributed by atoms with E-state index in [1.165, 1.54) is 0 Å². The molecular weight excluding hydrogens is 278 g/mol. The maximum atomic E-state index is 11.7. The van der Waals surface area contributed by atoms with Crippen LogP contribution in [0.15, 0.2) is 0 Å². The zero-order chi connectivity index (χ0) is 16.5. The summed E-state index contributed by atoms with van der Waals surface area (Å²) in [7, 11) is 0. The largest absolute Gasteiger partial charge is 0.294 e. The number of nitro groups is 1.